The van der Waals surface area contributed by atoms with Gasteiger partial charge in [0.05, 0.1) is 17.3 Å². The van der Waals surface area contributed by atoms with Crippen LogP contribution in [0, 0.1) is 0 Å². The van der Waals surface area contributed by atoms with Crippen molar-refractivity contribution < 1.29 is 13.2 Å². The third kappa shape index (κ3) is 2.61. The van der Waals surface area contributed by atoms with E-state index in [1.54, 1.807) is 30.7 Å². The van der Waals surface area contributed by atoms with Crippen LogP contribution in [0.3, 0.4) is 0 Å². The van der Waals surface area contributed by atoms with Crippen LogP contribution in [-0.2, 0) is 21.2 Å². The van der Waals surface area contributed by atoms with Crippen LogP contribution in [0.5, 0.6) is 0 Å². The summed E-state index contributed by atoms with van der Waals surface area (Å²) in [6.07, 6.45) is 7.15. The van der Waals surface area contributed by atoms with Crippen molar-refractivity contribution in [2.45, 2.75) is 30.2 Å². The molecule has 0 saturated carbocycles. The van der Waals surface area contributed by atoms with Crippen LogP contribution in [0.2, 0.25) is 0 Å². The summed E-state index contributed by atoms with van der Waals surface area (Å²) in [7, 11) is -3.50. The third-order valence-electron chi connectivity index (χ3n) is 4.61. The Morgan fingerprint density at radius 3 is 2.79 bits per heavy atom. The van der Waals surface area contributed by atoms with Gasteiger partial charge >= 0.3 is 0 Å². The van der Waals surface area contributed by atoms with E-state index in [1.165, 1.54) is 4.31 Å². The molecule has 1 fully saturated rings. The second-order valence-electron chi connectivity index (χ2n) is 6.21. The molecule has 0 radical (unpaired) electrons. The summed E-state index contributed by atoms with van der Waals surface area (Å²) in [6.45, 7) is 0.902. The van der Waals surface area contributed by atoms with Gasteiger partial charge in [0.25, 0.3) is 0 Å². The summed E-state index contributed by atoms with van der Waals surface area (Å²) in [4.78, 5) is 15.9. The van der Waals surface area contributed by atoms with E-state index in [-0.39, 0.29) is 11.9 Å². The van der Waals surface area contributed by atoms with Gasteiger partial charge in [-0.1, -0.05) is 0 Å². The van der Waals surface area contributed by atoms with E-state index >= 15 is 0 Å². The quantitative estimate of drug-likeness (QED) is 0.910. The van der Waals surface area contributed by atoms with E-state index in [0.717, 1.165) is 17.7 Å². The first-order valence-electron chi connectivity index (χ1n) is 7.94. The number of aryl methyl sites for hydroxylation is 1. The molecule has 2 aliphatic heterocycles. The number of aromatic nitrogens is 2. The standard InChI is InChI=1S/C16H18N4O3S/c21-16-3-1-2-12-8-14(4-5-15(12)18-16)24(22,23)20-9-13(10-20)19-7-6-17-11-19/h4-8,11,13H,1-3,9-10H2,(H,18,21). The van der Waals surface area contributed by atoms with E-state index in [2.05, 4.69) is 10.3 Å². The highest BCUT2D eigenvalue weighted by Gasteiger charge is 2.37. The second kappa shape index (κ2) is 5.71. The predicted molar refractivity (Wildman–Crippen MR) is 88.0 cm³/mol. The van der Waals surface area contributed by atoms with Crippen molar-refractivity contribution in [3.63, 3.8) is 0 Å². The Balaban J connectivity index is 1.55. The fourth-order valence-electron chi connectivity index (χ4n) is 3.15. The number of imidazole rings is 1. The highest BCUT2D eigenvalue weighted by Crippen LogP contribution is 2.31. The lowest BCUT2D eigenvalue weighted by Crippen LogP contribution is -2.50. The van der Waals surface area contributed by atoms with Gasteiger partial charge in [-0.3, -0.25) is 4.79 Å². The minimum absolute atomic E-state index is 0.0183. The molecule has 4 rings (SSSR count). The maximum absolute atomic E-state index is 12.8. The minimum Gasteiger partial charge on any atom is -0.332 e. The maximum atomic E-state index is 12.8. The molecule has 7 nitrogen and oxygen atoms in total. The number of anilines is 1. The molecular weight excluding hydrogens is 328 g/mol. The van der Waals surface area contributed by atoms with Crippen molar-refractivity contribution in [3.05, 3.63) is 42.5 Å². The Morgan fingerprint density at radius 1 is 1.21 bits per heavy atom. The summed E-state index contributed by atoms with van der Waals surface area (Å²) in [6, 6.07) is 5.10. The second-order valence-corrected chi connectivity index (χ2v) is 8.14. The van der Waals surface area contributed by atoms with Gasteiger partial charge in [0.1, 0.15) is 0 Å². The molecule has 0 aliphatic carbocycles. The molecule has 0 atom stereocenters. The molecule has 1 aromatic carbocycles. The number of nitrogens with zero attached hydrogens (tertiary/aromatic N) is 3. The molecule has 1 N–H and O–H groups in total. The van der Waals surface area contributed by atoms with Crippen molar-refractivity contribution in [1.82, 2.24) is 13.9 Å². The molecule has 126 valence electrons. The van der Waals surface area contributed by atoms with Gasteiger partial charge < -0.3 is 9.88 Å². The van der Waals surface area contributed by atoms with Crippen LogP contribution in [0.1, 0.15) is 24.4 Å². The van der Waals surface area contributed by atoms with Crippen molar-refractivity contribution in [1.29, 1.82) is 0 Å². The summed E-state index contributed by atoms with van der Waals surface area (Å²) in [5.41, 5.74) is 1.60. The Labute approximate surface area is 140 Å². The number of benzene rings is 1. The van der Waals surface area contributed by atoms with Gasteiger partial charge in [0, 0.05) is 37.6 Å². The van der Waals surface area contributed by atoms with Crippen molar-refractivity contribution in [3.8, 4) is 0 Å². The predicted octanol–water partition coefficient (Wildman–Crippen LogP) is 1.40. The summed E-state index contributed by atoms with van der Waals surface area (Å²) in [5.74, 6) is -0.0183. The Morgan fingerprint density at radius 2 is 2.04 bits per heavy atom. The molecule has 1 saturated heterocycles. The lowest BCUT2D eigenvalue weighted by Gasteiger charge is -2.38. The van der Waals surface area contributed by atoms with Gasteiger partial charge in [-0.2, -0.15) is 4.31 Å². The third-order valence-corrected chi connectivity index (χ3v) is 6.44. The zero-order valence-electron chi connectivity index (χ0n) is 13.1. The highest BCUT2D eigenvalue weighted by molar-refractivity contribution is 7.89. The average Bonchev–Trinajstić information content (AvgIpc) is 2.93. The van der Waals surface area contributed by atoms with Crippen molar-refractivity contribution >= 4 is 21.6 Å². The number of nitrogens with one attached hydrogen (secondary N) is 1. The number of carbonyl (C=O) groups excluding carboxylic acids is 1. The van der Waals surface area contributed by atoms with Crippen LogP contribution in [0.25, 0.3) is 0 Å². The van der Waals surface area contributed by atoms with Gasteiger partial charge in [0.15, 0.2) is 0 Å². The minimum atomic E-state index is -3.50. The number of fused-ring (bicyclic) bond motifs is 1. The van der Waals surface area contributed by atoms with E-state index < -0.39 is 10.0 Å². The number of hydrogen-bond acceptors (Lipinski definition) is 4. The number of rotatable bonds is 3. The Bertz CT molecular complexity index is 871. The number of sulfonamides is 1. The van der Waals surface area contributed by atoms with Gasteiger partial charge in [-0.05, 0) is 36.6 Å². The number of hydrogen-bond donors (Lipinski definition) is 1. The van der Waals surface area contributed by atoms with Crippen LogP contribution in [-0.4, -0.2) is 41.3 Å². The normalized spacial score (nSPS) is 19.2. The van der Waals surface area contributed by atoms with Crippen molar-refractivity contribution in [2.75, 3.05) is 18.4 Å². The largest absolute Gasteiger partial charge is 0.332 e. The van der Waals surface area contributed by atoms with Crippen LogP contribution in [0.4, 0.5) is 5.69 Å². The smallest absolute Gasteiger partial charge is 0.243 e. The van der Waals surface area contributed by atoms with E-state index in [9.17, 15) is 13.2 Å². The molecule has 3 heterocycles. The van der Waals surface area contributed by atoms with Gasteiger partial charge in [-0.25, -0.2) is 13.4 Å². The summed E-state index contributed by atoms with van der Waals surface area (Å²) >= 11 is 0. The zero-order valence-corrected chi connectivity index (χ0v) is 13.9. The molecule has 8 heteroatoms. The molecule has 0 bridgehead atoms. The van der Waals surface area contributed by atoms with Gasteiger partial charge in [0.2, 0.25) is 15.9 Å². The molecule has 24 heavy (non-hydrogen) atoms. The number of amides is 1. The molecule has 0 spiro atoms. The molecule has 1 aromatic heterocycles. The molecule has 2 aliphatic rings. The highest BCUT2D eigenvalue weighted by atomic mass is 32.2. The van der Waals surface area contributed by atoms with Crippen LogP contribution >= 0.6 is 0 Å². The topological polar surface area (TPSA) is 84.3 Å². The maximum Gasteiger partial charge on any atom is 0.243 e. The lowest BCUT2D eigenvalue weighted by atomic mass is 10.1. The first-order valence-corrected chi connectivity index (χ1v) is 9.38. The van der Waals surface area contributed by atoms with Crippen molar-refractivity contribution in [2.24, 2.45) is 0 Å². The van der Waals surface area contributed by atoms with E-state index in [0.29, 0.717) is 30.8 Å². The summed E-state index contributed by atoms with van der Waals surface area (Å²) in [5, 5.41) is 2.83. The SMILES string of the molecule is O=C1CCCc2cc(S(=O)(=O)N3CC(n4ccnc4)C3)ccc2N1. The molecule has 2 aromatic rings. The fraction of sp³-hybridized carbons (Fsp3) is 0.375. The Hall–Kier alpha value is -2.19. The monoisotopic (exact) mass is 346 g/mol. The first kappa shape index (κ1) is 15.3. The molecule has 0 unspecified atom stereocenters. The lowest BCUT2D eigenvalue weighted by molar-refractivity contribution is -0.116. The van der Waals surface area contributed by atoms with Crippen LogP contribution in [0.15, 0.2) is 41.8 Å². The van der Waals surface area contributed by atoms with Gasteiger partial charge in [-0.15, -0.1) is 0 Å². The van der Waals surface area contributed by atoms with Crippen LogP contribution < -0.4 is 5.32 Å². The zero-order chi connectivity index (χ0) is 16.7. The molecule has 1 amide bonds. The van der Waals surface area contributed by atoms with E-state index in [1.807, 2.05) is 10.8 Å². The van der Waals surface area contributed by atoms with E-state index in [4.69, 9.17) is 0 Å². The fourth-order valence-corrected chi connectivity index (χ4v) is 4.71. The molecular formula is C16H18N4O3S. The summed E-state index contributed by atoms with van der Waals surface area (Å²) < 4.78 is 29.0. The number of carbonyl (C=O) groups is 1. The average molecular weight is 346 g/mol. The first-order chi connectivity index (χ1) is 11.5. The Kier molecular flexibility index (Phi) is 3.65.